The predicted octanol–water partition coefficient (Wildman–Crippen LogP) is 5.50. The summed E-state index contributed by atoms with van der Waals surface area (Å²) in [6, 6.07) is 0. The molecule has 0 aliphatic rings. The monoisotopic (exact) mass is 966 g/mol. The minimum Gasteiger partial charge on any atom is -0.547 e. The normalized spacial score (nSPS) is 11.3. The molecule has 0 amide bonds. The number of unbranched alkanes of at least 4 members (excludes halogenated alkanes) is 5. The summed E-state index contributed by atoms with van der Waals surface area (Å²) >= 11 is 53.5. The number of hydrogen-bond acceptors (Lipinski definition) is 10. The fraction of sp³-hybridized carbons (Fsp3) is 0.833. The molecule has 0 saturated heterocycles. The van der Waals surface area contributed by atoms with E-state index in [4.69, 9.17) is 116 Å². The van der Waals surface area contributed by atoms with Gasteiger partial charge in [0.25, 0.3) is 0 Å². The number of carbonyl (C=O) groups excluding carboxylic acids is 5. The van der Waals surface area contributed by atoms with Crippen LogP contribution in [0, 0.1) is 0 Å². The smallest absolute Gasteiger partial charge is 0.547 e. The number of carbonyl (C=O) groups is 5. The SMILES string of the molecule is CCCCC(Cl)(Cl)C(=O)[O-].CCCCC(Cl)(Cl)C(=O)[O-].CCCCC(Cl)(Cl)C(=O)[O-].CCCCC(Cl)(Cl)C(=O)[O-].CCCCC(Cl)(Cl)C(=O)[O-].[V+5]. The van der Waals surface area contributed by atoms with Gasteiger partial charge in [-0.05, 0) is 32.1 Å². The average Bonchev–Trinajstić information content (AvgIpc) is 3.00. The average molecular weight is 971 g/mol. The first-order chi connectivity index (χ1) is 22.5. The zero-order valence-electron chi connectivity index (χ0n) is 28.9. The third kappa shape index (κ3) is 38.9. The van der Waals surface area contributed by atoms with Crippen LogP contribution in [-0.4, -0.2) is 51.5 Å². The predicted molar refractivity (Wildman–Crippen MR) is 195 cm³/mol. The molecule has 0 radical (unpaired) electrons. The number of rotatable bonds is 20. The summed E-state index contributed by atoms with van der Waals surface area (Å²) in [4.78, 5) is 50.8. The summed E-state index contributed by atoms with van der Waals surface area (Å²) in [5, 5.41) is 50.8. The Morgan fingerprint density at radius 2 is 0.431 bits per heavy atom. The van der Waals surface area contributed by atoms with Gasteiger partial charge in [-0.15, -0.1) is 0 Å². The van der Waals surface area contributed by atoms with Crippen LogP contribution in [0.2, 0.25) is 0 Å². The molecule has 10 nitrogen and oxygen atoms in total. The molecule has 0 saturated carbocycles. The molecular formula is C30H45Cl10O10V. The van der Waals surface area contributed by atoms with E-state index in [-0.39, 0.29) is 50.7 Å². The Bertz CT molecular complexity index is 796. The maximum absolute atomic E-state index is 10.2. The fourth-order valence-corrected chi connectivity index (χ4v) is 3.84. The second-order valence-corrected chi connectivity index (χ2v) is 17.9. The van der Waals surface area contributed by atoms with Crippen LogP contribution in [0.3, 0.4) is 0 Å². The van der Waals surface area contributed by atoms with Crippen molar-refractivity contribution in [2.75, 3.05) is 0 Å². The molecule has 51 heavy (non-hydrogen) atoms. The minimum absolute atomic E-state index is 0. The number of carboxylic acid groups (broad SMARTS) is 5. The van der Waals surface area contributed by atoms with Crippen molar-refractivity contribution in [1.82, 2.24) is 0 Å². The van der Waals surface area contributed by atoms with E-state index in [1.165, 1.54) is 0 Å². The summed E-state index contributed by atoms with van der Waals surface area (Å²) in [7, 11) is 0. The molecule has 0 N–H and O–H groups in total. The van der Waals surface area contributed by atoms with Gasteiger partial charge in [0, 0.05) is 0 Å². The van der Waals surface area contributed by atoms with E-state index >= 15 is 0 Å². The summed E-state index contributed by atoms with van der Waals surface area (Å²) in [5.41, 5.74) is 0. The van der Waals surface area contributed by atoms with Gasteiger partial charge in [0.2, 0.25) is 0 Å². The van der Waals surface area contributed by atoms with Gasteiger partial charge in [-0.1, -0.05) is 215 Å². The Balaban J connectivity index is -0.000000123. The van der Waals surface area contributed by atoms with Gasteiger partial charge in [0.05, 0.1) is 29.8 Å². The van der Waals surface area contributed by atoms with E-state index in [1.54, 1.807) is 0 Å². The van der Waals surface area contributed by atoms with Crippen LogP contribution in [0.4, 0.5) is 0 Å². The van der Waals surface area contributed by atoms with Gasteiger partial charge < -0.3 is 49.5 Å². The van der Waals surface area contributed by atoms with E-state index in [0.717, 1.165) is 32.1 Å². The summed E-state index contributed by atoms with van der Waals surface area (Å²) < 4.78 is -8.49. The van der Waals surface area contributed by atoms with Crippen molar-refractivity contribution >= 4 is 146 Å². The zero-order chi connectivity index (χ0) is 41.0. The van der Waals surface area contributed by atoms with Crippen molar-refractivity contribution in [3.05, 3.63) is 0 Å². The molecule has 21 heteroatoms. The largest absolute Gasteiger partial charge is 5.00 e. The Morgan fingerprint density at radius 3 is 0.490 bits per heavy atom. The number of carboxylic acids is 5. The standard InChI is InChI=1S/5C6H10Cl2O2.V/c5*1-2-3-4-6(7,8)5(9)10;/h5*2-4H2,1H3,(H,9,10);/q;;;;;+5/p-5. The van der Waals surface area contributed by atoms with Crippen LogP contribution in [0.25, 0.3) is 0 Å². The van der Waals surface area contributed by atoms with Crippen LogP contribution in [-0.2, 0) is 42.5 Å². The number of hydrogen-bond donors (Lipinski definition) is 0. The summed E-state index contributed by atoms with van der Waals surface area (Å²) in [6.07, 6.45) is 9.05. The summed E-state index contributed by atoms with van der Waals surface area (Å²) in [6.45, 7) is 9.65. The molecule has 0 aromatic heterocycles. The van der Waals surface area contributed by atoms with Gasteiger partial charge in [0.15, 0.2) is 21.7 Å². The maximum Gasteiger partial charge on any atom is 5.00 e. The van der Waals surface area contributed by atoms with Crippen molar-refractivity contribution in [3.63, 3.8) is 0 Å². The van der Waals surface area contributed by atoms with E-state index in [0.29, 0.717) is 32.1 Å². The Hall–Kier alpha value is 0.834. The molecule has 300 valence electrons. The molecule has 0 spiro atoms. The van der Waals surface area contributed by atoms with Crippen molar-refractivity contribution in [2.24, 2.45) is 0 Å². The quantitative estimate of drug-likeness (QED) is 0.140. The van der Waals surface area contributed by atoms with Crippen LogP contribution in [0.1, 0.15) is 131 Å². The van der Waals surface area contributed by atoms with E-state index < -0.39 is 51.5 Å². The summed E-state index contributed by atoms with van der Waals surface area (Å²) in [5.74, 6) is -7.06. The van der Waals surface area contributed by atoms with Gasteiger partial charge in [-0.3, -0.25) is 0 Å². The molecule has 0 heterocycles. The number of aliphatic carboxylic acids is 5. The number of alkyl halides is 10. The Kier molecular flexibility index (Phi) is 42.6. The van der Waals surface area contributed by atoms with Crippen LogP contribution in [0.15, 0.2) is 0 Å². The van der Waals surface area contributed by atoms with Crippen molar-refractivity contribution in [3.8, 4) is 0 Å². The van der Waals surface area contributed by atoms with Gasteiger partial charge in [-0.25, -0.2) is 0 Å². The molecule has 0 aromatic rings. The van der Waals surface area contributed by atoms with Crippen LogP contribution in [0.5, 0.6) is 0 Å². The minimum atomic E-state index is -1.70. The first-order valence-corrected chi connectivity index (χ1v) is 19.3. The second kappa shape index (κ2) is 34.1. The molecule has 0 unspecified atom stereocenters. The van der Waals surface area contributed by atoms with Crippen molar-refractivity contribution in [1.29, 1.82) is 0 Å². The zero-order valence-corrected chi connectivity index (χ0v) is 37.9. The Morgan fingerprint density at radius 1 is 0.333 bits per heavy atom. The van der Waals surface area contributed by atoms with E-state index in [9.17, 15) is 49.5 Å². The van der Waals surface area contributed by atoms with Crippen LogP contribution >= 0.6 is 116 Å². The first kappa shape index (κ1) is 63.8. The molecule has 0 bridgehead atoms. The third-order valence-electron chi connectivity index (χ3n) is 5.71. The molecule has 0 fully saturated rings. The maximum atomic E-state index is 10.2. The fourth-order valence-electron chi connectivity index (χ4n) is 2.50. The third-order valence-corrected chi connectivity index (χ3v) is 9.15. The Labute approximate surface area is 363 Å². The van der Waals surface area contributed by atoms with E-state index in [2.05, 4.69) is 0 Å². The molecule has 0 atom stereocenters. The molecule has 0 aromatic carbocycles. The van der Waals surface area contributed by atoms with Gasteiger partial charge in [0.1, 0.15) is 0 Å². The van der Waals surface area contributed by atoms with Crippen LogP contribution < -0.4 is 25.5 Å². The molecule has 0 aliphatic carbocycles. The second-order valence-electron chi connectivity index (χ2n) is 10.5. The van der Waals surface area contributed by atoms with E-state index in [1.807, 2.05) is 34.6 Å². The van der Waals surface area contributed by atoms with Crippen molar-refractivity contribution in [2.45, 2.75) is 153 Å². The molecule has 0 aliphatic heterocycles. The van der Waals surface area contributed by atoms with Gasteiger partial charge >= 0.3 is 18.6 Å². The topological polar surface area (TPSA) is 201 Å². The molecular weight excluding hydrogens is 926 g/mol. The number of halogens is 10. The molecule has 0 rings (SSSR count). The van der Waals surface area contributed by atoms with Gasteiger partial charge in [-0.2, -0.15) is 0 Å². The van der Waals surface area contributed by atoms with Crippen molar-refractivity contribution < 1.29 is 68.1 Å². The first-order valence-electron chi connectivity index (χ1n) is 15.5.